The summed E-state index contributed by atoms with van der Waals surface area (Å²) in [4.78, 5) is 4.35. The van der Waals surface area contributed by atoms with Crippen LogP contribution >= 0.6 is 23.2 Å². The summed E-state index contributed by atoms with van der Waals surface area (Å²) in [7, 11) is 1.65. The van der Waals surface area contributed by atoms with Crippen molar-refractivity contribution in [3.8, 4) is 0 Å². The number of aliphatic imine (C=N–C) groups is 1. The molecule has 0 aliphatic carbocycles. The second-order valence-electron chi connectivity index (χ2n) is 4.36. The minimum atomic E-state index is 0.119. The maximum absolute atomic E-state index is 6.10. The van der Waals surface area contributed by atoms with Gasteiger partial charge in [-0.05, 0) is 31.0 Å². The predicted octanol–water partition coefficient (Wildman–Crippen LogP) is 1.98. The zero-order chi connectivity index (χ0) is 15.0. The summed E-state index contributed by atoms with van der Waals surface area (Å²) in [5.41, 5.74) is 3.53. The number of rotatable bonds is 6. The van der Waals surface area contributed by atoms with E-state index in [2.05, 4.69) is 15.7 Å². The Labute approximate surface area is 129 Å². The van der Waals surface area contributed by atoms with E-state index in [9.17, 15) is 0 Å². The maximum atomic E-state index is 6.10. The quantitative estimate of drug-likeness (QED) is 0.324. The minimum absolute atomic E-state index is 0.119. The van der Waals surface area contributed by atoms with Crippen LogP contribution in [-0.4, -0.2) is 32.3 Å². The molecule has 0 saturated heterocycles. The summed E-state index contributed by atoms with van der Waals surface area (Å²) in [6.07, 6.45) is 0.710. The Hall–Kier alpha value is -1.01. The molecule has 0 saturated carbocycles. The lowest BCUT2D eigenvalue weighted by atomic mass is 10.1. The van der Waals surface area contributed by atoms with Crippen molar-refractivity contribution in [1.29, 1.82) is 0 Å². The third-order valence-electron chi connectivity index (χ3n) is 2.60. The second-order valence-corrected chi connectivity index (χ2v) is 5.20. The highest BCUT2D eigenvalue weighted by Crippen LogP contribution is 2.21. The van der Waals surface area contributed by atoms with Crippen molar-refractivity contribution in [1.82, 2.24) is 10.7 Å². The summed E-state index contributed by atoms with van der Waals surface area (Å²) in [5, 5.41) is 4.39. The highest BCUT2D eigenvalue weighted by atomic mass is 35.5. The number of benzene rings is 1. The molecule has 0 aromatic heterocycles. The van der Waals surface area contributed by atoms with Crippen LogP contribution in [0, 0.1) is 0 Å². The van der Waals surface area contributed by atoms with Gasteiger partial charge in [-0.1, -0.05) is 29.3 Å². The van der Waals surface area contributed by atoms with E-state index in [4.69, 9.17) is 33.8 Å². The molecule has 7 heteroatoms. The van der Waals surface area contributed by atoms with Crippen molar-refractivity contribution in [3.05, 3.63) is 33.8 Å². The van der Waals surface area contributed by atoms with Gasteiger partial charge >= 0.3 is 0 Å². The Morgan fingerprint density at radius 2 is 2.20 bits per heavy atom. The van der Waals surface area contributed by atoms with Crippen LogP contribution in [0.4, 0.5) is 0 Å². The van der Waals surface area contributed by atoms with Gasteiger partial charge in [0.15, 0.2) is 0 Å². The predicted molar refractivity (Wildman–Crippen MR) is 84.3 cm³/mol. The molecule has 5 nitrogen and oxygen atoms in total. The first-order valence-corrected chi connectivity index (χ1v) is 7.03. The third kappa shape index (κ3) is 5.96. The van der Waals surface area contributed by atoms with E-state index < -0.39 is 0 Å². The number of nitrogens with one attached hydrogen (secondary N) is 2. The first-order chi connectivity index (χ1) is 9.56. The summed E-state index contributed by atoms with van der Waals surface area (Å²) >= 11 is 11.9. The van der Waals surface area contributed by atoms with E-state index in [-0.39, 0.29) is 6.04 Å². The molecule has 0 heterocycles. The SMILES string of the molecule is COCC(C)NC(=NCCc1ccc(Cl)cc1Cl)NN. The van der Waals surface area contributed by atoms with Crippen LogP contribution < -0.4 is 16.6 Å². The Morgan fingerprint density at radius 3 is 2.80 bits per heavy atom. The van der Waals surface area contributed by atoms with Crippen LogP contribution in [0.25, 0.3) is 0 Å². The molecule has 1 rings (SSSR count). The molecule has 0 aliphatic rings. The standard InChI is InChI=1S/C13H20Cl2N4O/c1-9(8-20-2)18-13(19-16)17-6-5-10-3-4-11(14)7-12(10)15/h3-4,7,9H,5-6,8,16H2,1-2H3,(H2,17,18,19). The zero-order valence-electron chi connectivity index (χ0n) is 11.6. The molecule has 20 heavy (non-hydrogen) atoms. The highest BCUT2D eigenvalue weighted by Gasteiger charge is 2.04. The van der Waals surface area contributed by atoms with E-state index in [1.54, 1.807) is 13.2 Å². The molecule has 1 aromatic rings. The number of nitrogens with two attached hydrogens (primary N) is 1. The number of nitrogens with zero attached hydrogens (tertiary/aromatic N) is 1. The summed E-state index contributed by atoms with van der Waals surface area (Å²) in [6, 6.07) is 5.56. The lowest BCUT2D eigenvalue weighted by molar-refractivity contribution is 0.179. The topological polar surface area (TPSA) is 71.7 Å². The van der Waals surface area contributed by atoms with Crippen LogP contribution in [0.1, 0.15) is 12.5 Å². The number of hydrogen-bond donors (Lipinski definition) is 3. The fourth-order valence-electron chi connectivity index (χ4n) is 1.67. The first kappa shape index (κ1) is 17.0. The van der Waals surface area contributed by atoms with Gasteiger partial charge in [0.05, 0.1) is 6.61 Å². The summed E-state index contributed by atoms with van der Waals surface area (Å²) in [5.74, 6) is 5.95. The van der Waals surface area contributed by atoms with E-state index in [0.29, 0.717) is 35.6 Å². The molecule has 0 fully saturated rings. The molecule has 0 radical (unpaired) electrons. The molecule has 4 N–H and O–H groups in total. The van der Waals surface area contributed by atoms with Crippen LogP contribution in [0.5, 0.6) is 0 Å². The van der Waals surface area contributed by atoms with Gasteiger partial charge in [0.2, 0.25) is 5.96 Å². The van der Waals surface area contributed by atoms with Crippen LogP contribution in [0.3, 0.4) is 0 Å². The first-order valence-electron chi connectivity index (χ1n) is 6.27. The fraction of sp³-hybridized carbons (Fsp3) is 0.462. The smallest absolute Gasteiger partial charge is 0.206 e. The molecule has 1 aromatic carbocycles. The number of ether oxygens (including phenoxy) is 1. The second kappa shape index (κ2) is 9.02. The van der Waals surface area contributed by atoms with Crippen LogP contribution in [0.15, 0.2) is 23.2 Å². The van der Waals surface area contributed by atoms with E-state index in [0.717, 1.165) is 5.56 Å². The van der Waals surface area contributed by atoms with Gasteiger partial charge in [-0.15, -0.1) is 0 Å². The zero-order valence-corrected chi connectivity index (χ0v) is 13.1. The number of halogens is 2. The van der Waals surface area contributed by atoms with Gasteiger partial charge in [0.1, 0.15) is 0 Å². The summed E-state index contributed by atoms with van der Waals surface area (Å²) < 4.78 is 5.03. The Balaban J connectivity index is 2.52. The number of guanidine groups is 1. The van der Waals surface area contributed by atoms with Gasteiger partial charge in [-0.3, -0.25) is 10.4 Å². The molecule has 1 atom stereocenters. The highest BCUT2D eigenvalue weighted by molar-refractivity contribution is 6.35. The van der Waals surface area contributed by atoms with Gasteiger partial charge in [0.25, 0.3) is 0 Å². The van der Waals surface area contributed by atoms with E-state index >= 15 is 0 Å². The Bertz CT molecular complexity index is 454. The Morgan fingerprint density at radius 1 is 1.45 bits per heavy atom. The molecule has 0 amide bonds. The molecule has 0 spiro atoms. The van der Waals surface area contributed by atoms with Gasteiger partial charge in [-0.2, -0.15) is 0 Å². The maximum Gasteiger partial charge on any atom is 0.206 e. The summed E-state index contributed by atoms with van der Waals surface area (Å²) in [6.45, 7) is 3.11. The molecule has 112 valence electrons. The number of methoxy groups -OCH3 is 1. The van der Waals surface area contributed by atoms with Crippen molar-refractivity contribution in [2.75, 3.05) is 20.3 Å². The molecular formula is C13H20Cl2N4O. The largest absolute Gasteiger partial charge is 0.383 e. The monoisotopic (exact) mass is 318 g/mol. The van der Waals surface area contributed by atoms with Crippen molar-refractivity contribution in [2.45, 2.75) is 19.4 Å². The average molecular weight is 319 g/mol. The normalized spacial score (nSPS) is 13.2. The molecule has 1 unspecified atom stereocenters. The fourth-order valence-corrected chi connectivity index (χ4v) is 2.17. The van der Waals surface area contributed by atoms with Gasteiger partial charge < -0.3 is 10.1 Å². The molecular weight excluding hydrogens is 299 g/mol. The van der Waals surface area contributed by atoms with Crippen molar-refractivity contribution >= 4 is 29.2 Å². The number of hydrogen-bond acceptors (Lipinski definition) is 3. The van der Waals surface area contributed by atoms with E-state index in [1.165, 1.54) is 0 Å². The third-order valence-corrected chi connectivity index (χ3v) is 3.19. The van der Waals surface area contributed by atoms with Crippen molar-refractivity contribution in [2.24, 2.45) is 10.8 Å². The Kier molecular flexibility index (Phi) is 7.69. The molecule has 0 bridgehead atoms. The average Bonchev–Trinajstić information content (AvgIpc) is 2.40. The van der Waals surface area contributed by atoms with Crippen LogP contribution in [-0.2, 0) is 11.2 Å². The minimum Gasteiger partial charge on any atom is -0.383 e. The van der Waals surface area contributed by atoms with Crippen LogP contribution in [0.2, 0.25) is 10.0 Å². The number of hydrazine groups is 1. The van der Waals surface area contributed by atoms with Crippen molar-refractivity contribution < 1.29 is 4.74 Å². The van der Waals surface area contributed by atoms with Gasteiger partial charge in [-0.25, -0.2) is 5.84 Å². The lowest BCUT2D eigenvalue weighted by Gasteiger charge is -2.15. The lowest BCUT2D eigenvalue weighted by Crippen LogP contribution is -2.47. The van der Waals surface area contributed by atoms with Gasteiger partial charge in [0, 0.05) is 29.7 Å². The van der Waals surface area contributed by atoms with E-state index in [1.807, 2.05) is 19.1 Å². The van der Waals surface area contributed by atoms with Crippen molar-refractivity contribution in [3.63, 3.8) is 0 Å². The molecule has 0 aliphatic heterocycles.